The highest BCUT2D eigenvalue weighted by molar-refractivity contribution is 5.89. The van der Waals surface area contributed by atoms with Gasteiger partial charge in [-0.15, -0.1) is 0 Å². The summed E-state index contributed by atoms with van der Waals surface area (Å²) in [6, 6.07) is 5.29. The molecule has 1 aromatic rings. The zero-order valence-electron chi connectivity index (χ0n) is 16.7. The smallest absolute Gasteiger partial charge is 0.368 e. The Morgan fingerprint density at radius 3 is 2.52 bits per heavy atom. The highest BCUT2D eigenvalue weighted by atomic mass is 19.4. The second-order valence-corrected chi connectivity index (χ2v) is 7.81. The average molecular weight is 411 g/mol. The summed E-state index contributed by atoms with van der Waals surface area (Å²) < 4.78 is 38.8. The number of amides is 2. The Morgan fingerprint density at radius 1 is 1.14 bits per heavy atom. The summed E-state index contributed by atoms with van der Waals surface area (Å²) in [4.78, 5) is 30.4. The van der Waals surface area contributed by atoms with E-state index >= 15 is 0 Å². The third-order valence-corrected chi connectivity index (χ3v) is 5.73. The maximum absolute atomic E-state index is 12.9. The van der Waals surface area contributed by atoms with E-state index in [1.807, 2.05) is 4.90 Å². The van der Waals surface area contributed by atoms with Crippen molar-refractivity contribution >= 4 is 17.5 Å². The van der Waals surface area contributed by atoms with Gasteiger partial charge < -0.3 is 14.7 Å². The molecule has 0 aliphatic carbocycles. The Morgan fingerprint density at radius 2 is 1.86 bits per heavy atom. The van der Waals surface area contributed by atoms with Crippen LogP contribution in [0.3, 0.4) is 0 Å². The fourth-order valence-electron chi connectivity index (χ4n) is 4.03. The number of anilines is 1. The third-order valence-electron chi connectivity index (χ3n) is 5.73. The first kappa shape index (κ1) is 21.5. The predicted molar refractivity (Wildman–Crippen MR) is 104 cm³/mol. The van der Waals surface area contributed by atoms with E-state index in [0.29, 0.717) is 45.0 Å². The van der Waals surface area contributed by atoms with Gasteiger partial charge in [0.05, 0.1) is 11.5 Å². The van der Waals surface area contributed by atoms with Crippen molar-refractivity contribution in [1.82, 2.24) is 9.80 Å². The second kappa shape index (κ2) is 9.05. The molecule has 8 heteroatoms. The summed E-state index contributed by atoms with van der Waals surface area (Å²) in [5.74, 6) is -0.272. The molecule has 2 saturated heterocycles. The van der Waals surface area contributed by atoms with Crippen LogP contribution in [-0.2, 0) is 15.8 Å². The number of carbonyl (C=O) groups excluding carboxylic acids is 2. The second-order valence-electron chi connectivity index (χ2n) is 7.81. The molecule has 0 N–H and O–H groups in total. The molecule has 2 fully saturated rings. The van der Waals surface area contributed by atoms with Crippen LogP contribution >= 0.6 is 0 Å². The number of alkyl halides is 3. The molecule has 0 saturated carbocycles. The minimum Gasteiger partial charge on any atom is -0.368 e. The van der Waals surface area contributed by atoms with E-state index in [1.54, 1.807) is 15.9 Å². The summed E-state index contributed by atoms with van der Waals surface area (Å²) in [6.07, 6.45) is -0.996. The van der Waals surface area contributed by atoms with Crippen molar-refractivity contribution in [2.75, 3.05) is 44.2 Å². The van der Waals surface area contributed by atoms with E-state index < -0.39 is 11.7 Å². The first-order chi connectivity index (χ1) is 13.8. The average Bonchev–Trinajstić information content (AvgIpc) is 3.08. The maximum atomic E-state index is 12.9. The lowest BCUT2D eigenvalue weighted by Gasteiger charge is -2.37. The lowest BCUT2D eigenvalue weighted by atomic mass is 10.1. The van der Waals surface area contributed by atoms with Gasteiger partial charge >= 0.3 is 6.18 Å². The molecule has 0 spiro atoms. The molecule has 5 nitrogen and oxygen atoms in total. The molecule has 0 radical (unpaired) electrons. The zero-order chi connectivity index (χ0) is 21.0. The molecule has 2 aliphatic rings. The highest BCUT2D eigenvalue weighted by Crippen LogP contribution is 2.32. The Hall–Kier alpha value is -2.25. The summed E-state index contributed by atoms with van der Waals surface area (Å²) in [5, 5.41) is 0. The fraction of sp³-hybridized carbons (Fsp3) is 0.619. The molecule has 1 unspecified atom stereocenters. The van der Waals surface area contributed by atoms with Crippen LogP contribution in [0.5, 0.6) is 0 Å². The molecule has 3 rings (SSSR count). The first-order valence-corrected chi connectivity index (χ1v) is 10.3. The number of unbranched alkanes of at least 4 members (excludes halogenated alkanes) is 2. The number of halogens is 3. The van der Waals surface area contributed by atoms with Crippen molar-refractivity contribution in [2.45, 2.75) is 38.8 Å². The van der Waals surface area contributed by atoms with Crippen LogP contribution in [0.4, 0.5) is 18.9 Å². The number of likely N-dealkylation sites (tertiary alicyclic amines) is 1. The van der Waals surface area contributed by atoms with Crippen molar-refractivity contribution in [3.63, 3.8) is 0 Å². The quantitative estimate of drug-likeness (QED) is 0.674. The lowest BCUT2D eigenvalue weighted by Crippen LogP contribution is -2.50. The van der Waals surface area contributed by atoms with Gasteiger partial charge in [0.1, 0.15) is 0 Å². The van der Waals surface area contributed by atoms with Crippen LogP contribution in [0, 0.1) is 5.92 Å². The first-order valence-electron chi connectivity index (χ1n) is 10.3. The molecule has 0 bridgehead atoms. The Labute approximate surface area is 169 Å². The standard InChI is InChI=1S/C21H28F3N3O2/c1-2-3-4-8-27-15-16(13-19(27)28)20(29)26-11-9-25(10-12-26)18-7-5-6-17(14-18)21(22,23)24/h5-7,14,16H,2-4,8-13,15H2,1H3. The monoisotopic (exact) mass is 411 g/mol. The molecule has 1 atom stereocenters. The van der Waals surface area contributed by atoms with E-state index in [2.05, 4.69) is 6.92 Å². The van der Waals surface area contributed by atoms with E-state index in [4.69, 9.17) is 0 Å². The minimum absolute atomic E-state index is 0.0139. The summed E-state index contributed by atoms with van der Waals surface area (Å²) in [5.41, 5.74) is -0.147. The number of carbonyl (C=O) groups is 2. The van der Waals surface area contributed by atoms with Crippen molar-refractivity contribution in [3.8, 4) is 0 Å². The van der Waals surface area contributed by atoms with Gasteiger partial charge in [0.15, 0.2) is 0 Å². The molecule has 2 amide bonds. The van der Waals surface area contributed by atoms with Gasteiger partial charge in [0.2, 0.25) is 11.8 Å². The molecule has 0 aromatic heterocycles. The molecule has 2 aliphatic heterocycles. The molecule has 160 valence electrons. The van der Waals surface area contributed by atoms with Crippen molar-refractivity contribution in [2.24, 2.45) is 5.92 Å². The predicted octanol–water partition coefficient (Wildman–Crippen LogP) is 3.39. The number of rotatable bonds is 6. The molecule has 29 heavy (non-hydrogen) atoms. The zero-order valence-corrected chi connectivity index (χ0v) is 16.7. The Bertz CT molecular complexity index is 730. The topological polar surface area (TPSA) is 43.9 Å². The van der Waals surface area contributed by atoms with E-state index in [-0.39, 0.29) is 24.2 Å². The van der Waals surface area contributed by atoms with Crippen LogP contribution in [0.25, 0.3) is 0 Å². The van der Waals surface area contributed by atoms with E-state index in [9.17, 15) is 22.8 Å². The third kappa shape index (κ3) is 5.22. The maximum Gasteiger partial charge on any atom is 0.416 e. The summed E-state index contributed by atoms with van der Waals surface area (Å²) in [7, 11) is 0. The largest absolute Gasteiger partial charge is 0.416 e. The normalized spacial score (nSPS) is 20.5. The number of hydrogen-bond acceptors (Lipinski definition) is 3. The van der Waals surface area contributed by atoms with Gasteiger partial charge in [0, 0.05) is 51.4 Å². The molecule has 1 aromatic carbocycles. The van der Waals surface area contributed by atoms with Crippen molar-refractivity contribution in [1.29, 1.82) is 0 Å². The number of hydrogen-bond donors (Lipinski definition) is 0. The SMILES string of the molecule is CCCCCN1CC(C(=O)N2CCN(c3cccc(C(F)(F)F)c3)CC2)CC1=O. The van der Waals surface area contributed by atoms with Gasteiger partial charge in [-0.1, -0.05) is 25.8 Å². The lowest BCUT2D eigenvalue weighted by molar-refractivity contribution is -0.137. The summed E-state index contributed by atoms with van der Waals surface area (Å²) in [6.45, 7) is 5.17. The summed E-state index contributed by atoms with van der Waals surface area (Å²) >= 11 is 0. The van der Waals surface area contributed by atoms with Crippen LogP contribution < -0.4 is 4.90 Å². The van der Waals surface area contributed by atoms with Gasteiger partial charge in [-0.05, 0) is 24.6 Å². The number of nitrogens with zero attached hydrogens (tertiary/aromatic N) is 3. The fourth-order valence-corrected chi connectivity index (χ4v) is 4.03. The molecular weight excluding hydrogens is 383 g/mol. The van der Waals surface area contributed by atoms with Crippen LogP contribution in [0.1, 0.15) is 38.2 Å². The molecular formula is C21H28F3N3O2. The minimum atomic E-state index is -4.37. The Kier molecular flexibility index (Phi) is 6.70. The van der Waals surface area contributed by atoms with E-state index in [0.717, 1.165) is 31.4 Å². The van der Waals surface area contributed by atoms with Gasteiger partial charge in [0.25, 0.3) is 0 Å². The number of benzene rings is 1. The number of piperazine rings is 1. The van der Waals surface area contributed by atoms with Crippen LogP contribution in [-0.4, -0.2) is 60.9 Å². The van der Waals surface area contributed by atoms with Gasteiger partial charge in [-0.3, -0.25) is 9.59 Å². The van der Waals surface area contributed by atoms with Gasteiger partial charge in [-0.25, -0.2) is 0 Å². The highest BCUT2D eigenvalue weighted by Gasteiger charge is 2.37. The van der Waals surface area contributed by atoms with Gasteiger partial charge in [-0.2, -0.15) is 13.2 Å². The van der Waals surface area contributed by atoms with Crippen LogP contribution in [0.15, 0.2) is 24.3 Å². The van der Waals surface area contributed by atoms with Crippen molar-refractivity contribution < 1.29 is 22.8 Å². The van der Waals surface area contributed by atoms with Crippen LogP contribution in [0.2, 0.25) is 0 Å². The van der Waals surface area contributed by atoms with E-state index in [1.165, 1.54) is 6.07 Å². The van der Waals surface area contributed by atoms with Crippen molar-refractivity contribution in [3.05, 3.63) is 29.8 Å². The Balaban J connectivity index is 1.53. The molecule has 2 heterocycles.